The summed E-state index contributed by atoms with van der Waals surface area (Å²) in [4.78, 5) is 24.2. The van der Waals surface area contributed by atoms with Crippen molar-refractivity contribution in [2.45, 2.75) is 38.1 Å². The Hall–Kier alpha value is -1.26. The number of aryl methyl sites for hydroxylation is 1. The first kappa shape index (κ1) is 17.1. The number of esters is 1. The van der Waals surface area contributed by atoms with Gasteiger partial charge in [0.25, 0.3) is 0 Å². The van der Waals surface area contributed by atoms with Gasteiger partial charge < -0.3 is 9.30 Å². The Kier molecular flexibility index (Phi) is 4.46. The van der Waals surface area contributed by atoms with Crippen LogP contribution in [0.15, 0.2) is 18.7 Å². The topological polar surface area (TPSA) is 48.3 Å². The number of nitrogens with zero attached hydrogens (tertiary/aromatic N) is 1. The van der Waals surface area contributed by atoms with Crippen molar-refractivity contribution in [2.75, 3.05) is 6.61 Å². The Bertz CT molecular complexity index is 648. The van der Waals surface area contributed by atoms with Gasteiger partial charge in [-0.15, -0.1) is 29.8 Å². The first-order valence-electron chi connectivity index (χ1n) is 7.00. The van der Waals surface area contributed by atoms with Crippen molar-refractivity contribution in [1.82, 2.24) is 4.57 Å². The predicted octanol–water partition coefficient (Wildman–Crippen LogP) is 3.60. The Morgan fingerprint density at radius 2 is 2.05 bits per heavy atom. The van der Waals surface area contributed by atoms with Gasteiger partial charge in [-0.05, 0) is 26.8 Å². The Balaban J connectivity index is 2.03. The summed E-state index contributed by atoms with van der Waals surface area (Å²) < 4.78 is 5.99. The van der Waals surface area contributed by atoms with Gasteiger partial charge in [-0.25, -0.2) is 0 Å². The molecule has 22 heavy (non-hydrogen) atoms. The maximum Gasteiger partial charge on any atom is 0.315 e. The minimum absolute atomic E-state index is 0.240. The van der Waals surface area contributed by atoms with Crippen LogP contribution in [-0.2, 0) is 16.1 Å². The van der Waals surface area contributed by atoms with Crippen molar-refractivity contribution in [1.29, 1.82) is 0 Å². The van der Waals surface area contributed by atoms with E-state index in [9.17, 15) is 9.59 Å². The molecule has 0 spiro atoms. The largest absolute Gasteiger partial charge is 0.457 e. The third-order valence-electron chi connectivity index (χ3n) is 4.23. The zero-order chi connectivity index (χ0) is 16.7. The molecule has 0 saturated heterocycles. The standard InChI is InChI=1S/C16H19Cl2NO3/c1-5-6-19-10(2)7-12(11(19)3)13(20)8-22-14(21)15(4)9-16(15,17)18/h5,7H,1,6,8-9H2,2-4H3. The van der Waals surface area contributed by atoms with Gasteiger partial charge in [-0.1, -0.05) is 6.08 Å². The van der Waals surface area contributed by atoms with E-state index < -0.39 is 15.7 Å². The molecule has 1 aromatic rings. The molecule has 1 fully saturated rings. The average molecular weight is 344 g/mol. The fraction of sp³-hybridized carbons (Fsp3) is 0.500. The van der Waals surface area contributed by atoms with Crippen molar-refractivity contribution >= 4 is 35.0 Å². The van der Waals surface area contributed by atoms with E-state index in [1.54, 1.807) is 19.1 Å². The molecular weight excluding hydrogens is 325 g/mol. The van der Waals surface area contributed by atoms with E-state index in [0.717, 1.165) is 11.4 Å². The van der Waals surface area contributed by atoms with Crippen molar-refractivity contribution in [3.63, 3.8) is 0 Å². The van der Waals surface area contributed by atoms with E-state index in [2.05, 4.69) is 6.58 Å². The molecule has 0 aliphatic heterocycles. The van der Waals surface area contributed by atoms with Crippen LogP contribution >= 0.6 is 23.2 Å². The first-order chi connectivity index (χ1) is 10.1. The summed E-state index contributed by atoms with van der Waals surface area (Å²) in [6.45, 7) is 9.43. The molecule has 6 heteroatoms. The number of hydrogen-bond donors (Lipinski definition) is 0. The lowest BCUT2D eigenvalue weighted by molar-refractivity contribution is -0.148. The van der Waals surface area contributed by atoms with Gasteiger partial charge in [0.05, 0.1) is 0 Å². The third-order valence-corrected chi connectivity index (χ3v) is 5.33. The number of carbonyl (C=O) groups excluding carboxylic acids is 2. The average Bonchev–Trinajstić information content (AvgIpc) is 2.84. The van der Waals surface area contributed by atoms with Gasteiger partial charge in [0.1, 0.15) is 9.75 Å². The number of aromatic nitrogens is 1. The summed E-state index contributed by atoms with van der Waals surface area (Å²) in [5, 5.41) is 0. The number of hydrogen-bond acceptors (Lipinski definition) is 3. The summed E-state index contributed by atoms with van der Waals surface area (Å²) in [6, 6.07) is 1.79. The van der Waals surface area contributed by atoms with Crippen LogP contribution in [0.3, 0.4) is 0 Å². The highest BCUT2D eigenvalue weighted by Crippen LogP contribution is 2.64. The van der Waals surface area contributed by atoms with Gasteiger partial charge in [-0.3, -0.25) is 9.59 Å². The molecule has 4 nitrogen and oxygen atoms in total. The van der Waals surface area contributed by atoms with Crippen LogP contribution in [-0.4, -0.2) is 27.3 Å². The quantitative estimate of drug-likeness (QED) is 0.343. The Morgan fingerprint density at radius 3 is 2.55 bits per heavy atom. The number of carbonyl (C=O) groups is 2. The summed E-state index contributed by atoms with van der Waals surface area (Å²) in [5.74, 6) is -0.776. The van der Waals surface area contributed by atoms with Crippen molar-refractivity contribution in [2.24, 2.45) is 5.41 Å². The highest BCUT2D eigenvalue weighted by atomic mass is 35.5. The lowest BCUT2D eigenvalue weighted by Crippen LogP contribution is -2.24. The van der Waals surface area contributed by atoms with Crippen molar-refractivity contribution < 1.29 is 14.3 Å². The zero-order valence-electron chi connectivity index (χ0n) is 12.9. The number of ketones is 1. The summed E-state index contributed by atoms with van der Waals surface area (Å²) in [5.41, 5.74) is 1.42. The smallest absolute Gasteiger partial charge is 0.315 e. The van der Waals surface area contributed by atoms with Crippen LogP contribution in [0.2, 0.25) is 0 Å². The van der Waals surface area contributed by atoms with E-state index in [0.29, 0.717) is 18.5 Å². The molecule has 1 aliphatic carbocycles. The predicted molar refractivity (Wildman–Crippen MR) is 86.6 cm³/mol. The number of ether oxygens (including phenoxy) is 1. The van der Waals surface area contributed by atoms with E-state index >= 15 is 0 Å². The fourth-order valence-corrected chi connectivity index (χ4v) is 3.17. The Labute approximate surface area is 140 Å². The molecule has 1 unspecified atom stereocenters. The van der Waals surface area contributed by atoms with Gasteiger partial charge in [0, 0.05) is 29.9 Å². The van der Waals surface area contributed by atoms with E-state index in [4.69, 9.17) is 27.9 Å². The van der Waals surface area contributed by atoms with Crippen LogP contribution in [0.1, 0.15) is 35.1 Å². The number of Topliss-reactive ketones (excluding diaryl/α,β-unsaturated/α-hetero) is 1. The molecule has 1 aromatic heterocycles. The molecule has 120 valence electrons. The third kappa shape index (κ3) is 2.82. The highest BCUT2D eigenvalue weighted by molar-refractivity contribution is 6.53. The molecule has 0 bridgehead atoms. The van der Waals surface area contributed by atoms with Crippen molar-refractivity contribution in [3.05, 3.63) is 35.7 Å². The zero-order valence-corrected chi connectivity index (χ0v) is 14.4. The van der Waals surface area contributed by atoms with Crippen LogP contribution in [0.4, 0.5) is 0 Å². The van der Waals surface area contributed by atoms with Crippen LogP contribution in [0.5, 0.6) is 0 Å². The molecular formula is C16H19Cl2NO3. The lowest BCUT2D eigenvalue weighted by Gasteiger charge is -2.11. The second kappa shape index (κ2) is 5.74. The highest BCUT2D eigenvalue weighted by Gasteiger charge is 2.69. The lowest BCUT2D eigenvalue weighted by atomic mass is 10.1. The second-order valence-corrected chi connectivity index (χ2v) is 7.38. The normalized spacial score (nSPS) is 22.2. The molecule has 0 N–H and O–H groups in total. The van der Waals surface area contributed by atoms with Crippen LogP contribution in [0, 0.1) is 19.3 Å². The van der Waals surface area contributed by atoms with E-state index in [-0.39, 0.29) is 12.4 Å². The number of halogens is 2. The van der Waals surface area contributed by atoms with E-state index in [1.165, 1.54) is 0 Å². The minimum atomic E-state index is -1.09. The SMILES string of the molecule is C=CCn1c(C)cc(C(=O)COC(=O)C2(C)CC2(Cl)Cl)c1C. The Morgan fingerprint density at radius 1 is 1.45 bits per heavy atom. The molecule has 1 heterocycles. The van der Waals surface area contributed by atoms with Gasteiger partial charge in [0.2, 0.25) is 5.78 Å². The number of allylic oxidation sites excluding steroid dienone is 1. The van der Waals surface area contributed by atoms with Crippen LogP contribution < -0.4 is 0 Å². The molecule has 2 rings (SSSR count). The minimum Gasteiger partial charge on any atom is -0.457 e. The van der Waals surface area contributed by atoms with Crippen molar-refractivity contribution in [3.8, 4) is 0 Å². The molecule has 0 aromatic carbocycles. The molecule has 1 saturated carbocycles. The van der Waals surface area contributed by atoms with Gasteiger partial charge >= 0.3 is 5.97 Å². The fourth-order valence-electron chi connectivity index (χ4n) is 2.48. The van der Waals surface area contributed by atoms with Gasteiger partial charge in [-0.2, -0.15) is 0 Å². The maximum atomic E-state index is 12.3. The summed E-state index contributed by atoms with van der Waals surface area (Å²) in [7, 11) is 0. The molecule has 1 atom stereocenters. The van der Waals surface area contributed by atoms with E-state index in [1.807, 2.05) is 18.4 Å². The summed E-state index contributed by atoms with van der Waals surface area (Å²) >= 11 is 11.9. The molecule has 0 radical (unpaired) electrons. The van der Waals surface area contributed by atoms with Crippen LogP contribution in [0.25, 0.3) is 0 Å². The second-order valence-electron chi connectivity index (χ2n) is 5.90. The van der Waals surface area contributed by atoms with Gasteiger partial charge in [0.15, 0.2) is 6.61 Å². The summed E-state index contributed by atoms with van der Waals surface area (Å²) in [6.07, 6.45) is 2.10. The maximum absolute atomic E-state index is 12.3. The first-order valence-corrected chi connectivity index (χ1v) is 7.75. The number of rotatable bonds is 6. The molecule has 1 aliphatic rings. The molecule has 0 amide bonds. The monoisotopic (exact) mass is 343 g/mol. The number of alkyl halides is 2.